The van der Waals surface area contributed by atoms with Crippen LogP contribution in [0.4, 0.5) is 0 Å². The first-order chi connectivity index (χ1) is 11.5. The summed E-state index contributed by atoms with van der Waals surface area (Å²) in [6, 6.07) is 3.90. The van der Waals surface area contributed by atoms with Crippen LogP contribution >= 0.6 is 0 Å². The molecule has 0 radical (unpaired) electrons. The molecule has 0 aliphatic carbocycles. The molecule has 24 heavy (non-hydrogen) atoms. The van der Waals surface area contributed by atoms with Crippen molar-refractivity contribution in [2.24, 2.45) is 5.92 Å². The summed E-state index contributed by atoms with van der Waals surface area (Å²) in [5.41, 5.74) is 0. The van der Waals surface area contributed by atoms with Gasteiger partial charge in [0.2, 0.25) is 17.6 Å². The summed E-state index contributed by atoms with van der Waals surface area (Å²) in [6.45, 7) is 7.68. The molecule has 1 N–H and O–H groups in total. The lowest BCUT2D eigenvalue weighted by molar-refractivity contribution is -0.125. The number of likely N-dealkylation sites (tertiary alicyclic amines) is 1. The van der Waals surface area contributed by atoms with Crippen molar-refractivity contribution in [3.05, 3.63) is 24.3 Å². The van der Waals surface area contributed by atoms with E-state index in [2.05, 4.69) is 27.3 Å². The minimum Gasteiger partial charge on any atom is -0.461 e. The molecule has 0 spiro atoms. The van der Waals surface area contributed by atoms with Crippen molar-refractivity contribution >= 4 is 5.91 Å². The summed E-state index contributed by atoms with van der Waals surface area (Å²) in [7, 11) is 0. The number of hydrogen-bond donors (Lipinski definition) is 1. The van der Waals surface area contributed by atoms with Crippen molar-refractivity contribution in [2.75, 3.05) is 13.1 Å². The van der Waals surface area contributed by atoms with Crippen LogP contribution < -0.4 is 5.32 Å². The maximum absolute atomic E-state index is 11.8. The lowest BCUT2D eigenvalue weighted by Gasteiger charge is -2.35. The number of furan rings is 1. The van der Waals surface area contributed by atoms with Gasteiger partial charge in [-0.1, -0.05) is 19.0 Å². The Balaban J connectivity index is 1.55. The van der Waals surface area contributed by atoms with Crippen molar-refractivity contribution in [3.63, 3.8) is 0 Å². The van der Waals surface area contributed by atoms with Crippen LogP contribution in [0.1, 0.15) is 45.5 Å². The molecule has 3 rings (SSSR count). The Morgan fingerprint density at radius 3 is 2.71 bits per heavy atom. The number of nitrogens with one attached hydrogen (secondary N) is 1. The van der Waals surface area contributed by atoms with Crippen LogP contribution in [-0.2, 0) is 4.79 Å². The van der Waals surface area contributed by atoms with Crippen LogP contribution in [0.15, 0.2) is 27.3 Å². The third-order valence-electron chi connectivity index (χ3n) is 4.49. The molecule has 1 atom stereocenters. The van der Waals surface area contributed by atoms with E-state index in [1.165, 1.54) is 0 Å². The average molecular weight is 332 g/mol. The highest BCUT2D eigenvalue weighted by Crippen LogP contribution is 2.25. The average Bonchev–Trinajstić information content (AvgIpc) is 3.26. The largest absolute Gasteiger partial charge is 0.461 e. The van der Waals surface area contributed by atoms with Crippen LogP contribution in [0, 0.1) is 5.92 Å². The number of amides is 1. The fourth-order valence-corrected chi connectivity index (χ4v) is 2.87. The maximum Gasteiger partial charge on any atom is 0.244 e. The maximum atomic E-state index is 11.8. The van der Waals surface area contributed by atoms with E-state index in [-0.39, 0.29) is 23.9 Å². The molecule has 1 aliphatic heterocycles. The fraction of sp³-hybridized carbons (Fsp3) is 0.588. The van der Waals surface area contributed by atoms with Crippen LogP contribution in [0.3, 0.4) is 0 Å². The highest BCUT2D eigenvalue weighted by atomic mass is 16.5. The molecular weight excluding hydrogens is 308 g/mol. The summed E-state index contributed by atoms with van der Waals surface area (Å²) in [4.78, 5) is 18.5. The van der Waals surface area contributed by atoms with Gasteiger partial charge in [-0.15, -0.1) is 0 Å². The zero-order chi connectivity index (χ0) is 17.1. The van der Waals surface area contributed by atoms with E-state index >= 15 is 0 Å². The van der Waals surface area contributed by atoms with Crippen molar-refractivity contribution in [2.45, 2.75) is 45.7 Å². The van der Waals surface area contributed by atoms with E-state index in [4.69, 9.17) is 8.94 Å². The van der Waals surface area contributed by atoms with E-state index in [1.54, 1.807) is 12.3 Å². The Morgan fingerprint density at radius 2 is 2.08 bits per heavy atom. The number of carbonyl (C=O) groups excluding carboxylic acids is 1. The molecule has 1 aliphatic rings. The SMILES string of the molecule is CC(C)C(=O)NC1CCN([C@H](C)c2nc(-c3ccco3)no2)CC1. The van der Waals surface area contributed by atoms with E-state index in [0.29, 0.717) is 17.5 Å². The lowest BCUT2D eigenvalue weighted by atomic mass is 10.0. The third kappa shape index (κ3) is 3.67. The normalized spacial score (nSPS) is 18.0. The van der Waals surface area contributed by atoms with Gasteiger partial charge in [0.05, 0.1) is 12.3 Å². The van der Waals surface area contributed by atoms with Crippen LogP contribution in [0.2, 0.25) is 0 Å². The van der Waals surface area contributed by atoms with E-state index in [0.717, 1.165) is 25.9 Å². The second-order valence-corrected chi connectivity index (χ2v) is 6.58. The Kier molecular flexibility index (Phi) is 4.99. The highest BCUT2D eigenvalue weighted by Gasteiger charge is 2.28. The van der Waals surface area contributed by atoms with Crippen molar-refractivity contribution in [1.29, 1.82) is 0 Å². The van der Waals surface area contributed by atoms with Crippen molar-refractivity contribution < 1.29 is 13.7 Å². The molecule has 1 fully saturated rings. The molecule has 0 bridgehead atoms. The monoisotopic (exact) mass is 332 g/mol. The minimum absolute atomic E-state index is 0.0281. The zero-order valence-corrected chi connectivity index (χ0v) is 14.4. The number of nitrogens with zero attached hydrogens (tertiary/aromatic N) is 3. The van der Waals surface area contributed by atoms with Crippen LogP contribution in [0.5, 0.6) is 0 Å². The molecule has 2 aromatic rings. The first kappa shape index (κ1) is 16.7. The molecule has 3 heterocycles. The predicted molar refractivity (Wildman–Crippen MR) is 88.0 cm³/mol. The summed E-state index contributed by atoms with van der Waals surface area (Å²) in [6.07, 6.45) is 3.45. The second kappa shape index (κ2) is 7.17. The molecule has 0 saturated carbocycles. The topological polar surface area (TPSA) is 84.4 Å². The summed E-state index contributed by atoms with van der Waals surface area (Å²) in [5.74, 6) is 1.82. The molecule has 7 heteroatoms. The Morgan fingerprint density at radius 1 is 1.33 bits per heavy atom. The smallest absolute Gasteiger partial charge is 0.244 e. The number of aromatic nitrogens is 2. The molecule has 130 valence electrons. The zero-order valence-electron chi connectivity index (χ0n) is 14.4. The first-order valence-corrected chi connectivity index (χ1v) is 8.46. The fourth-order valence-electron chi connectivity index (χ4n) is 2.87. The van der Waals surface area contributed by atoms with Gasteiger partial charge in [0.15, 0.2) is 5.76 Å². The lowest BCUT2D eigenvalue weighted by Crippen LogP contribution is -2.46. The van der Waals surface area contributed by atoms with E-state index in [9.17, 15) is 4.79 Å². The Labute approximate surface area is 141 Å². The minimum atomic E-state index is 0.0281. The van der Waals surface area contributed by atoms with Crippen LogP contribution in [-0.4, -0.2) is 40.1 Å². The molecule has 0 unspecified atom stereocenters. The molecule has 7 nitrogen and oxygen atoms in total. The van der Waals surface area contributed by atoms with Crippen molar-refractivity contribution in [3.8, 4) is 11.6 Å². The molecule has 1 saturated heterocycles. The van der Waals surface area contributed by atoms with Gasteiger partial charge in [0.25, 0.3) is 0 Å². The summed E-state index contributed by atoms with van der Waals surface area (Å²) in [5, 5.41) is 7.10. The highest BCUT2D eigenvalue weighted by molar-refractivity contribution is 5.78. The van der Waals surface area contributed by atoms with Gasteiger partial charge in [-0.05, 0) is 31.9 Å². The number of hydrogen-bond acceptors (Lipinski definition) is 6. The van der Waals surface area contributed by atoms with E-state index in [1.807, 2.05) is 19.9 Å². The van der Waals surface area contributed by atoms with Gasteiger partial charge < -0.3 is 14.3 Å². The standard InChI is InChI=1S/C17H24N4O3/c1-11(2)16(22)18-13-6-8-21(9-7-13)12(3)17-19-15(20-24-17)14-5-4-10-23-14/h4-5,10-13H,6-9H2,1-3H3,(H,18,22)/t12-/m1/s1. The molecule has 1 amide bonds. The number of carbonyl (C=O) groups is 1. The molecule has 0 aromatic carbocycles. The molecular formula is C17H24N4O3. The van der Waals surface area contributed by atoms with Gasteiger partial charge in [0.1, 0.15) is 0 Å². The van der Waals surface area contributed by atoms with E-state index < -0.39 is 0 Å². The van der Waals surface area contributed by atoms with Crippen molar-refractivity contribution in [1.82, 2.24) is 20.4 Å². The van der Waals surface area contributed by atoms with Crippen LogP contribution in [0.25, 0.3) is 11.6 Å². The van der Waals surface area contributed by atoms with Gasteiger partial charge in [0, 0.05) is 25.0 Å². The second-order valence-electron chi connectivity index (χ2n) is 6.58. The van der Waals surface area contributed by atoms with Gasteiger partial charge in [-0.3, -0.25) is 9.69 Å². The Hall–Kier alpha value is -2.15. The number of piperidine rings is 1. The number of rotatable bonds is 5. The molecule has 2 aromatic heterocycles. The van der Waals surface area contributed by atoms with Gasteiger partial charge >= 0.3 is 0 Å². The van der Waals surface area contributed by atoms with Gasteiger partial charge in [-0.25, -0.2) is 0 Å². The summed E-state index contributed by atoms with van der Waals surface area (Å²) >= 11 is 0. The quantitative estimate of drug-likeness (QED) is 0.906. The predicted octanol–water partition coefficient (Wildman–Crippen LogP) is 2.63. The Bertz CT molecular complexity index is 657. The third-order valence-corrected chi connectivity index (χ3v) is 4.49. The van der Waals surface area contributed by atoms with Gasteiger partial charge in [-0.2, -0.15) is 4.98 Å². The summed E-state index contributed by atoms with van der Waals surface area (Å²) < 4.78 is 10.7. The first-order valence-electron chi connectivity index (χ1n) is 8.46.